The van der Waals surface area contributed by atoms with Gasteiger partial charge in [0.05, 0.1) is 29.4 Å². The maximum Gasteiger partial charge on any atom is 0.406 e. The summed E-state index contributed by atoms with van der Waals surface area (Å²) in [5.41, 5.74) is 0.745. The molecule has 2 atom stereocenters. The van der Waals surface area contributed by atoms with E-state index in [1.165, 1.54) is 37.4 Å². The number of imidazole rings is 1. The molecule has 3 heterocycles. The molecule has 2 aromatic carbocycles. The van der Waals surface area contributed by atoms with Crippen LogP contribution in [0.25, 0.3) is 11.0 Å². The van der Waals surface area contributed by atoms with Gasteiger partial charge in [-0.1, -0.05) is 18.8 Å². The van der Waals surface area contributed by atoms with E-state index in [1.54, 1.807) is 0 Å². The van der Waals surface area contributed by atoms with Crippen LogP contribution in [0.2, 0.25) is 0 Å². The standard InChI is InChI=1S/C32H37F3N4O6S/c1-21-18-38(23-9-13-44-14-10-23)11-8-26(21)37-31(40)25-15-22(16-27-30(25)36-20-39(27)19-32(33,34)35)5-4-12-45-28-7-6-24(46(3,41)42)17-29(28)43-2/h6-7,15-17,20-21,23,26H,8-14,18-19H2,1-3H3,(H,37,40)/t21-,26-/m0/s1. The second kappa shape index (κ2) is 13.9. The fraction of sp³-hybridized carbons (Fsp3) is 0.500. The predicted molar refractivity (Wildman–Crippen MR) is 165 cm³/mol. The highest BCUT2D eigenvalue weighted by molar-refractivity contribution is 7.90. The van der Waals surface area contributed by atoms with Crippen molar-refractivity contribution < 1.29 is 40.6 Å². The minimum absolute atomic E-state index is 0.0663. The zero-order valence-electron chi connectivity index (χ0n) is 25.9. The maximum absolute atomic E-state index is 13.6. The van der Waals surface area contributed by atoms with E-state index < -0.39 is 28.5 Å². The SMILES string of the molecule is COc1cc(S(C)(=O)=O)ccc1OCC#Cc1cc(C(=O)N[C@H]2CCN(C3CCOCC3)C[C@@H]2C)c2ncn(CC(F)(F)F)c2c1. The Kier molecular flexibility index (Phi) is 10.1. The van der Waals surface area contributed by atoms with Gasteiger partial charge in [0, 0.05) is 56.3 Å². The Morgan fingerprint density at radius 3 is 2.59 bits per heavy atom. The molecular weight excluding hydrogens is 625 g/mol. The third kappa shape index (κ3) is 8.12. The first-order valence-electron chi connectivity index (χ1n) is 15.0. The second-order valence-corrected chi connectivity index (χ2v) is 13.8. The highest BCUT2D eigenvalue weighted by Crippen LogP contribution is 2.30. The second-order valence-electron chi connectivity index (χ2n) is 11.7. The molecule has 1 N–H and O–H groups in total. The van der Waals surface area contributed by atoms with Gasteiger partial charge in [0.1, 0.15) is 18.7 Å². The number of carbonyl (C=O) groups excluding carboxylic acids is 1. The summed E-state index contributed by atoms with van der Waals surface area (Å²) in [6, 6.07) is 7.54. The minimum atomic E-state index is -4.49. The number of sulfone groups is 1. The van der Waals surface area contributed by atoms with Gasteiger partial charge in [0.2, 0.25) is 0 Å². The van der Waals surface area contributed by atoms with E-state index in [-0.39, 0.29) is 51.6 Å². The Balaban J connectivity index is 1.35. The van der Waals surface area contributed by atoms with Gasteiger partial charge >= 0.3 is 6.18 Å². The summed E-state index contributed by atoms with van der Waals surface area (Å²) in [6.07, 6.45) is 0.398. The fourth-order valence-electron chi connectivity index (χ4n) is 6.00. The molecule has 1 aromatic heterocycles. The highest BCUT2D eigenvalue weighted by atomic mass is 32.2. The maximum atomic E-state index is 13.6. The van der Waals surface area contributed by atoms with E-state index in [1.807, 2.05) is 0 Å². The van der Waals surface area contributed by atoms with E-state index >= 15 is 0 Å². The molecule has 0 spiro atoms. The van der Waals surface area contributed by atoms with Gasteiger partial charge in [-0.05, 0) is 49.4 Å². The van der Waals surface area contributed by atoms with Gasteiger partial charge < -0.3 is 24.1 Å². The lowest BCUT2D eigenvalue weighted by molar-refractivity contribution is -0.139. The summed E-state index contributed by atoms with van der Waals surface area (Å²) in [7, 11) is -2.08. The van der Waals surface area contributed by atoms with Crippen molar-refractivity contribution in [3.63, 3.8) is 0 Å². The smallest absolute Gasteiger partial charge is 0.406 e. The van der Waals surface area contributed by atoms with E-state index in [4.69, 9.17) is 14.2 Å². The van der Waals surface area contributed by atoms with Crippen LogP contribution in [-0.4, -0.2) is 93.3 Å². The molecule has 2 saturated heterocycles. The first kappa shape index (κ1) is 33.6. The number of amides is 1. The Morgan fingerprint density at radius 1 is 1.15 bits per heavy atom. The van der Waals surface area contributed by atoms with Crippen molar-refractivity contribution in [3.05, 3.63) is 47.8 Å². The lowest BCUT2D eigenvalue weighted by Gasteiger charge is -2.42. The number of nitrogens with one attached hydrogen (secondary N) is 1. The molecule has 0 unspecified atom stereocenters. The van der Waals surface area contributed by atoms with Crippen LogP contribution in [0.15, 0.2) is 41.6 Å². The molecule has 0 saturated carbocycles. The molecule has 2 fully saturated rings. The van der Waals surface area contributed by atoms with Gasteiger partial charge in [-0.25, -0.2) is 13.4 Å². The molecule has 1 amide bonds. The third-order valence-corrected chi connectivity index (χ3v) is 9.49. The number of benzene rings is 2. The van der Waals surface area contributed by atoms with Crippen LogP contribution < -0.4 is 14.8 Å². The lowest BCUT2D eigenvalue weighted by atomic mass is 9.91. The van der Waals surface area contributed by atoms with E-state index in [2.05, 4.69) is 34.0 Å². The number of aromatic nitrogens is 2. The number of halogens is 3. The van der Waals surface area contributed by atoms with Crippen LogP contribution in [0.1, 0.15) is 42.1 Å². The molecule has 2 aliphatic rings. The van der Waals surface area contributed by atoms with Crippen LogP contribution in [0, 0.1) is 17.8 Å². The number of hydrogen-bond donors (Lipinski definition) is 1. The number of alkyl halides is 3. The largest absolute Gasteiger partial charge is 0.493 e. The average Bonchev–Trinajstić information content (AvgIpc) is 3.40. The Bertz CT molecular complexity index is 1740. The van der Waals surface area contributed by atoms with Crippen LogP contribution >= 0.6 is 0 Å². The summed E-state index contributed by atoms with van der Waals surface area (Å²) < 4.78 is 81.2. The van der Waals surface area contributed by atoms with Crippen LogP contribution in [0.3, 0.4) is 0 Å². The number of hydrogen-bond acceptors (Lipinski definition) is 8. The number of methoxy groups -OCH3 is 1. The van der Waals surface area contributed by atoms with Crippen molar-refractivity contribution in [3.8, 4) is 23.3 Å². The van der Waals surface area contributed by atoms with Crippen molar-refractivity contribution >= 4 is 26.8 Å². The van der Waals surface area contributed by atoms with Crippen LogP contribution in [-0.2, 0) is 21.1 Å². The van der Waals surface area contributed by atoms with E-state index in [9.17, 15) is 26.4 Å². The van der Waals surface area contributed by atoms with Gasteiger partial charge in [-0.3, -0.25) is 9.69 Å². The Labute approximate surface area is 266 Å². The van der Waals surface area contributed by atoms with Gasteiger partial charge in [-0.2, -0.15) is 13.2 Å². The van der Waals surface area contributed by atoms with Crippen LogP contribution in [0.4, 0.5) is 13.2 Å². The molecule has 5 rings (SSSR count). The first-order chi connectivity index (χ1) is 21.8. The van der Waals surface area contributed by atoms with Crippen LogP contribution in [0.5, 0.6) is 11.5 Å². The Hall–Kier alpha value is -3.80. The molecule has 14 heteroatoms. The monoisotopic (exact) mass is 662 g/mol. The third-order valence-electron chi connectivity index (χ3n) is 8.38. The summed E-state index contributed by atoms with van der Waals surface area (Å²) >= 11 is 0. The van der Waals surface area contributed by atoms with Crippen molar-refractivity contribution in [2.24, 2.45) is 5.92 Å². The van der Waals surface area contributed by atoms with E-state index in [0.717, 1.165) is 62.7 Å². The van der Waals surface area contributed by atoms with E-state index in [0.29, 0.717) is 11.6 Å². The number of piperidine rings is 1. The quantitative estimate of drug-likeness (QED) is 0.360. The summed E-state index contributed by atoms with van der Waals surface area (Å²) in [5.74, 6) is 5.91. The zero-order valence-corrected chi connectivity index (χ0v) is 26.7. The molecule has 46 heavy (non-hydrogen) atoms. The molecule has 2 aliphatic heterocycles. The number of carbonyl (C=O) groups is 1. The number of likely N-dealkylation sites (tertiary alicyclic amines) is 1. The van der Waals surface area contributed by atoms with Crippen molar-refractivity contribution in [2.75, 3.05) is 46.3 Å². The number of nitrogens with zero attached hydrogens (tertiary/aromatic N) is 3. The molecule has 0 bridgehead atoms. The van der Waals surface area contributed by atoms with Crippen molar-refractivity contribution in [1.82, 2.24) is 19.8 Å². The average molecular weight is 663 g/mol. The summed E-state index contributed by atoms with van der Waals surface area (Å²) in [5, 5.41) is 3.11. The number of ether oxygens (including phenoxy) is 3. The summed E-state index contributed by atoms with van der Waals surface area (Å²) in [4.78, 5) is 20.4. The predicted octanol–water partition coefficient (Wildman–Crippen LogP) is 4.06. The normalized spacial score (nSPS) is 19.8. The molecular formula is C32H37F3N4O6S. The molecule has 0 radical (unpaired) electrons. The topological polar surface area (TPSA) is 112 Å². The number of rotatable bonds is 8. The number of fused-ring (bicyclic) bond motifs is 1. The lowest BCUT2D eigenvalue weighted by Crippen LogP contribution is -2.53. The molecule has 3 aromatic rings. The Morgan fingerprint density at radius 2 is 1.91 bits per heavy atom. The molecule has 248 valence electrons. The highest BCUT2D eigenvalue weighted by Gasteiger charge is 2.33. The van der Waals surface area contributed by atoms with Gasteiger partial charge in [-0.15, -0.1) is 0 Å². The van der Waals surface area contributed by atoms with Gasteiger partial charge in [0.15, 0.2) is 21.3 Å². The molecule has 10 nitrogen and oxygen atoms in total. The fourth-order valence-corrected chi connectivity index (χ4v) is 6.63. The summed E-state index contributed by atoms with van der Waals surface area (Å²) in [6.45, 7) is 3.86. The van der Waals surface area contributed by atoms with Crippen molar-refractivity contribution in [2.45, 2.75) is 55.9 Å². The first-order valence-corrected chi connectivity index (χ1v) is 16.9. The minimum Gasteiger partial charge on any atom is -0.493 e. The van der Waals surface area contributed by atoms with Crippen molar-refractivity contribution in [1.29, 1.82) is 0 Å². The molecule has 0 aliphatic carbocycles. The van der Waals surface area contributed by atoms with Gasteiger partial charge in [0.25, 0.3) is 5.91 Å². The zero-order chi connectivity index (χ0) is 33.1.